The number of fused-ring (bicyclic) bond motifs is 1. The summed E-state index contributed by atoms with van der Waals surface area (Å²) >= 11 is 0. The van der Waals surface area contributed by atoms with Gasteiger partial charge in [-0.25, -0.2) is 4.98 Å². The molecule has 4 nitrogen and oxygen atoms in total. The number of aromatic nitrogens is 1. The van der Waals surface area contributed by atoms with Gasteiger partial charge in [-0.2, -0.15) is 0 Å². The van der Waals surface area contributed by atoms with Crippen LogP contribution in [0.4, 0.5) is 0 Å². The van der Waals surface area contributed by atoms with E-state index in [2.05, 4.69) is 41.9 Å². The first-order valence-corrected chi connectivity index (χ1v) is 9.62. The van der Waals surface area contributed by atoms with E-state index in [0.29, 0.717) is 12.0 Å². The van der Waals surface area contributed by atoms with Crippen LogP contribution in [0.5, 0.6) is 5.75 Å². The minimum atomic E-state index is 0.387. The van der Waals surface area contributed by atoms with E-state index >= 15 is 0 Å². The summed E-state index contributed by atoms with van der Waals surface area (Å²) in [5, 5.41) is 0. The van der Waals surface area contributed by atoms with E-state index in [-0.39, 0.29) is 0 Å². The van der Waals surface area contributed by atoms with Gasteiger partial charge in [-0.1, -0.05) is 38.8 Å². The predicted molar refractivity (Wildman–Crippen MR) is 97.7 cm³/mol. The Morgan fingerprint density at radius 3 is 2.80 bits per heavy atom. The normalized spacial score (nSPS) is 17.4. The Balaban J connectivity index is 1.51. The first-order chi connectivity index (χ1) is 12.2. The Morgan fingerprint density at radius 2 is 2.04 bits per heavy atom. The molecule has 2 heterocycles. The average Bonchev–Trinajstić information content (AvgIpc) is 3.35. The SMILES string of the molecule is CC(C)c1cnc(CN(Cc2ccc3c(c2)CCO3)C2CCCC2)o1. The lowest BCUT2D eigenvalue weighted by Crippen LogP contribution is -2.32. The monoisotopic (exact) mass is 340 g/mol. The molecule has 0 radical (unpaired) electrons. The van der Waals surface area contributed by atoms with Gasteiger partial charge in [0.15, 0.2) is 0 Å². The van der Waals surface area contributed by atoms with Gasteiger partial charge in [0, 0.05) is 24.9 Å². The van der Waals surface area contributed by atoms with Crippen molar-refractivity contribution in [2.75, 3.05) is 6.61 Å². The lowest BCUT2D eigenvalue weighted by Gasteiger charge is -2.27. The summed E-state index contributed by atoms with van der Waals surface area (Å²) in [5.41, 5.74) is 2.72. The standard InChI is InChI=1S/C21H28N2O2/c1-15(2)20-12-22-21(25-20)14-23(18-5-3-4-6-18)13-16-7-8-19-17(11-16)9-10-24-19/h7-8,11-12,15,18H,3-6,9-10,13-14H2,1-2H3. The van der Waals surface area contributed by atoms with Gasteiger partial charge < -0.3 is 9.15 Å². The molecule has 1 fully saturated rings. The van der Waals surface area contributed by atoms with Crippen LogP contribution >= 0.6 is 0 Å². The van der Waals surface area contributed by atoms with Crippen molar-refractivity contribution in [1.82, 2.24) is 9.88 Å². The van der Waals surface area contributed by atoms with Gasteiger partial charge in [0.1, 0.15) is 11.5 Å². The fourth-order valence-corrected chi connectivity index (χ4v) is 3.99. The number of oxazole rings is 1. The second-order valence-corrected chi connectivity index (χ2v) is 7.69. The van der Waals surface area contributed by atoms with Crippen LogP contribution in [-0.4, -0.2) is 22.5 Å². The molecular weight excluding hydrogens is 312 g/mol. The second kappa shape index (κ2) is 7.20. The molecule has 4 heteroatoms. The number of hydrogen-bond acceptors (Lipinski definition) is 4. The van der Waals surface area contributed by atoms with Crippen LogP contribution in [0.1, 0.15) is 68.2 Å². The minimum absolute atomic E-state index is 0.387. The number of nitrogens with zero attached hydrogens (tertiary/aromatic N) is 2. The molecule has 0 spiro atoms. The third-order valence-corrected chi connectivity index (χ3v) is 5.46. The molecule has 1 aliphatic carbocycles. The van der Waals surface area contributed by atoms with Crippen molar-refractivity contribution in [3.63, 3.8) is 0 Å². The van der Waals surface area contributed by atoms with Gasteiger partial charge in [-0.05, 0) is 30.0 Å². The molecule has 2 aromatic rings. The summed E-state index contributed by atoms with van der Waals surface area (Å²) in [6.45, 7) is 6.86. The van der Waals surface area contributed by atoms with E-state index in [0.717, 1.165) is 43.5 Å². The maximum Gasteiger partial charge on any atom is 0.208 e. The molecule has 1 aromatic carbocycles. The van der Waals surface area contributed by atoms with E-state index in [9.17, 15) is 0 Å². The number of ether oxygens (including phenoxy) is 1. The van der Waals surface area contributed by atoms with Crippen molar-refractivity contribution >= 4 is 0 Å². The quantitative estimate of drug-likeness (QED) is 0.765. The largest absolute Gasteiger partial charge is 0.493 e. The molecule has 0 N–H and O–H groups in total. The molecule has 0 unspecified atom stereocenters. The smallest absolute Gasteiger partial charge is 0.208 e. The number of rotatable bonds is 6. The lowest BCUT2D eigenvalue weighted by molar-refractivity contribution is 0.162. The van der Waals surface area contributed by atoms with Crippen molar-refractivity contribution in [2.45, 2.75) is 71.0 Å². The summed E-state index contributed by atoms with van der Waals surface area (Å²) < 4.78 is 11.6. The second-order valence-electron chi connectivity index (χ2n) is 7.69. The van der Waals surface area contributed by atoms with Gasteiger partial charge in [-0.15, -0.1) is 0 Å². The molecule has 1 saturated carbocycles. The van der Waals surface area contributed by atoms with Crippen LogP contribution < -0.4 is 4.74 Å². The zero-order chi connectivity index (χ0) is 17.2. The third kappa shape index (κ3) is 3.74. The minimum Gasteiger partial charge on any atom is -0.493 e. The van der Waals surface area contributed by atoms with Crippen LogP contribution in [0.3, 0.4) is 0 Å². The molecule has 2 aliphatic rings. The Labute approximate surface area is 150 Å². The van der Waals surface area contributed by atoms with E-state index in [4.69, 9.17) is 9.15 Å². The summed E-state index contributed by atoms with van der Waals surface area (Å²) in [4.78, 5) is 7.08. The first-order valence-electron chi connectivity index (χ1n) is 9.62. The van der Waals surface area contributed by atoms with Gasteiger partial charge in [0.2, 0.25) is 5.89 Å². The Morgan fingerprint density at radius 1 is 1.20 bits per heavy atom. The van der Waals surface area contributed by atoms with Crippen LogP contribution in [0.15, 0.2) is 28.8 Å². The number of hydrogen-bond donors (Lipinski definition) is 0. The molecular formula is C21H28N2O2. The van der Waals surface area contributed by atoms with Crippen LogP contribution in [0.2, 0.25) is 0 Å². The highest BCUT2D eigenvalue weighted by atomic mass is 16.5. The fourth-order valence-electron chi connectivity index (χ4n) is 3.99. The fraction of sp³-hybridized carbons (Fsp3) is 0.571. The highest BCUT2D eigenvalue weighted by molar-refractivity contribution is 5.39. The third-order valence-electron chi connectivity index (χ3n) is 5.46. The van der Waals surface area contributed by atoms with Crippen molar-refractivity contribution < 1.29 is 9.15 Å². The summed E-state index contributed by atoms with van der Waals surface area (Å²) in [6, 6.07) is 7.30. The molecule has 4 rings (SSSR count). The van der Waals surface area contributed by atoms with E-state index in [1.165, 1.54) is 36.8 Å². The Bertz CT molecular complexity index is 716. The topological polar surface area (TPSA) is 38.5 Å². The summed E-state index contributed by atoms with van der Waals surface area (Å²) in [6.07, 6.45) is 8.16. The van der Waals surface area contributed by atoms with Crippen LogP contribution in [0, 0.1) is 0 Å². The first kappa shape index (κ1) is 16.6. The maximum atomic E-state index is 5.97. The van der Waals surface area contributed by atoms with Gasteiger partial charge in [0.25, 0.3) is 0 Å². The van der Waals surface area contributed by atoms with Gasteiger partial charge in [0.05, 0.1) is 19.3 Å². The van der Waals surface area contributed by atoms with Crippen molar-refractivity contribution in [3.8, 4) is 5.75 Å². The highest BCUT2D eigenvalue weighted by Gasteiger charge is 2.25. The summed E-state index contributed by atoms with van der Waals surface area (Å²) in [5.74, 6) is 3.28. The molecule has 1 aliphatic heterocycles. The molecule has 25 heavy (non-hydrogen) atoms. The zero-order valence-electron chi connectivity index (χ0n) is 15.3. The highest BCUT2D eigenvalue weighted by Crippen LogP contribution is 2.30. The molecule has 134 valence electrons. The van der Waals surface area contributed by atoms with E-state index in [1.54, 1.807) is 0 Å². The van der Waals surface area contributed by atoms with Crippen molar-refractivity contribution in [1.29, 1.82) is 0 Å². The predicted octanol–water partition coefficient (Wildman–Crippen LogP) is 4.68. The zero-order valence-corrected chi connectivity index (χ0v) is 15.3. The van der Waals surface area contributed by atoms with Gasteiger partial charge in [-0.3, -0.25) is 4.90 Å². The van der Waals surface area contributed by atoms with Crippen LogP contribution in [-0.2, 0) is 19.5 Å². The van der Waals surface area contributed by atoms with Gasteiger partial charge >= 0.3 is 0 Å². The molecule has 0 bridgehead atoms. The summed E-state index contributed by atoms with van der Waals surface area (Å²) in [7, 11) is 0. The van der Waals surface area contributed by atoms with Crippen LogP contribution in [0.25, 0.3) is 0 Å². The van der Waals surface area contributed by atoms with Crippen molar-refractivity contribution in [3.05, 3.63) is 47.2 Å². The van der Waals surface area contributed by atoms with Crippen molar-refractivity contribution in [2.24, 2.45) is 0 Å². The molecule has 0 amide bonds. The average molecular weight is 340 g/mol. The maximum absolute atomic E-state index is 5.97. The molecule has 0 atom stereocenters. The molecule has 0 saturated heterocycles. The van der Waals surface area contributed by atoms with E-state index < -0.39 is 0 Å². The Kier molecular flexibility index (Phi) is 4.80. The molecule has 1 aromatic heterocycles. The lowest BCUT2D eigenvalue weighted by atomic mass is 10.1. The Hall–Kier alpha value is -1.81. The van der Waals surface area contributed by atoms with E-state index in [1.807, 2.05) is 6.20 Å². The number of benzene rings is 1.